The van der Waals surface area contributed by atoms with E-state index in [4.69, 9.17) is 4.74 Å². The number of esters is 1. The summed E-state index contributed by atoms with van der Waals surface area (Å²) in [5.41, 5.74) is 0. The first kappa shape index (κ1) is 15.5. The fourth-order valence-corrected chi connectivity index (χ4v) is 1.42. The van der Waals surface area contributed by atoms with E-state index in [1.54, 1.807) is 6.92 Å². The topological polar surface area (TPSA) is 26.3 Å². The van der Waals surface area contributed by atoms with Crippen molar-refractivity contribution in [1.82, 2.24) is 0 Å². The molecule has 0 spiro atoms. The van der Waals surface area contributed by atoms with Crippen molar-refractivity contribution in [2.24, 2.45) is 0 Å². The molecule has 0 heterocycles. The van der Waals surface area contributed by atoms with Crippen molar-refractivity contribution in [1.29, 1.82) is 0 Å². The molecule has 0 bridgehead atoms. The number of hydrogen-bond donors (Lipinski definition) is 0. The molecule has 2 nitrogen and oxygen atoms in total. The maximum absolute atomic E-state index is 10.5. The van der Waals surface area contributed by atoms with E-state index in [9.17, 15) is 4.79 Å². The third-order valence-corrected chi connectivity index (χ3v) is 1.88. The van der Waals surface area contributed by atoms with Crippen LogP contribution in [0.3, 0.4) is 0 Å². The predicted molar refractivity (Wildman–Crippen MR) is 49.7 cm³/mol. The fraction of sp³-hybridized carbons (Fsp3) is 0.800. The molecule has 1 aliphatic rings. The SMILES string of the molecule is CC(=O)OC1CCCCC1.[CH2-]C.[Li+]. The molecule has 0 aromatic carbocycles. The van der Waals surface area contributed by atoms with Gasteiger partial charge in [0.15, 0.2) is 0 Å². The number of hydrogen-bond acceptors (Lipinski definition) is 2. The summed E-state index contributed by atoms with van der Waals surface area (Å²) in [6.07, 6.45) is 6.11. The Morgan fingerprint density at radius 3 is 2.08 bits per heavy atom. The van der Waals surface area contributed by atoms with E-state index in [-0.39, 0.29) is 30.9 Å². The van der Waals surface area contributed by atoms with Crippen LogP contribution >= 0.6 is 0 Å². The van der Waals surface area contributed by atoms with E-state index in [1.807, 2.05) is 0 Å². The van der Waals surface area contributed by atoms with E-state index in [0.717, 1.165) is 12.8 Å². The van der Waals surface area contributed by atoms with E-state index in [1.165, 1.54) is 26.2 Å². The molecule has 0 aromatic rings. The van der Waals surface area contributed by atoms with Gasteiger partial charge in [0.1, 0.15) is 6.10 Å². The fourth-order valence-electron chi connectivity index (χ4n) is 1.42. The summed E-state index contributed by atoms with van der Waals surface area (Å²) in [4.78, 5) is 10.5. The van der Waals surface area contributed by atoms with Crippen molar-refractivity contribution in [3.8, 4) is 0 Å². The first-order valence-electron chi connectivity index (χ1n) is 4.67. The molecule has 13 heavy (non-hydrogen) atoms. The Hall–Kier alpha value is 0.0674. The van der Waals surface area contributed by atoms with Gasteiger partial charge in [-0.25, -0.2) is 0 Å². The molecule has 0 radical (unpaired) electrons. The monoisotopic (exact) mass is 178 g/mol. The molecule has 0 amide bonds. The summed E-state index contributed by atoms with van der Waals surface area (Å²) in [5.74, 6) is -0.132. The smallest absolute Gasteiger partial charge is 0.463 e. The third kappa shape index (κ3) is 8.40. The number of ether oxygens (including phenoxy) is 1. The molecule has 3 heteroatoms. The first-order valence-corrected chi connectivity index (χ1v) is 4.67. The zero-order valence-electron chi connectivity index (χ0n) is 9.14. The van der Waals surface area contributed by atoms with Crippen molar-refractivity contribution < 1.29 is 28.4 Å². The Labute approximate surface area is 93.6 Å². The van der Waals surface area contributed by atoms with Crippen LogP contribution in [0.2, 0.25) is 0 Å². The van der Waals surface area contributed by atoms with Crippen molar-refractivity contribution in [3.05, 3.63) is 6.92 Å². The summed E-state index contributed by atoms with van der Waals surface area (Å²) in [6.45, 7) is 6.48. The largest absolute Gasteiger partial charge is 1.00 e. The zero-order valence-corrected chi connectivity index (χ0v) is 9.14. The summed E-state index contributed by atoms with van der Waals surface area (Å²) < 4.78 is 5.05. The van der Waals surface area contributed by atoms with Crippen LogP contribution in [-0.2, 0) is 9.53 Å². The minimum Gasteiger partial charge on any atom is -0.463 e. The average Bonchev–Trinajstić information content (AvgIpc) is 2.08. The average molecular weight is 178 g/mol. The van der Waals surface area contributed by atoms with Gasteiger partial charge in [-0.3, -0.25) is 4.79 Å². The van der Waals surface area contributed by atoms with Gasteiger partial charge in [0, 0.05) is 6.92 Å². The number of carbonyl (C=O) groups excluding carboxylic acids is 1. The Bertz CT molecular complexity index is 120. The summed E-state index contributed by atoms with van der Waals surface area (Å²) in [6, 6.07) is 0. The van der Waals surface area contributed by atoms with Gasteiger partial charge in [-0.1, -0.05) is 6.42 Å². The Morgan fingerprint density at radius 2 is 1.69 bits per heavy atom. The molecule has 0 aromatic heterocycles. The van der Waals surface area contributed by atoms with E-state index in [0.29, 0.717) is 0 Å². The van der Waals surface area contributed by atoms with Gasteiger partial charge in [-0.2, -0.15) is 6.92 Å². The Kier molecular flexibility index (Phi) is 12.1. The molecule has 1 fully saturated rings. The first-order chi connectivity index (χ1) is 5.79. The predicted octanol–water partition coefficient (Wildman–Crippen LogP) is -0.273. The van der Waals surface area contributed by atoms with Crippen molar-refractivity contribution in [2.45, 2.75) is 52.1 Å². The summed E-state index contributed by atoms with van der Waals surface area (Å²) in [7, 11) is 0. The van der Waals surface area contributed by atoms with Crippen LogP contribution in [0, 0.1) is 6.92 Å². The van der Waals surface area contributed by atoms with Gasteiger partial charge >= 0.3 is 24.8 Å². The molecular formula is C10H19LiO2. The maximum atomic E-state index is 10.5. The second-order valence-corrected chi connectivity index (χ2v) is 2.87. The minimum atomic E-state index is -0.132. The van der Waals surface area contributed by atoms with E-state index >= 15 is 0 Å². The molecule has 1 rings (SSSR count). The van der Waals surface area contributed by atoms with Crippen LogP contribution in [0.4, 0.5) is 0 Å². The van der Waals surface area contributed by atoms with Gasteiger partial charge in [-0.15, -0.1) is 0 Å². The second-order valence-electron chi connectivity index (χ2n) is 2.87. The Morgan fingerprint density at radius 1 is 1.23 bits per heavy atom. The van der Waals surface area contributed by atoms with E-state index in [2.05, 4.69) is 6.92 Å². The van der Waals surface area contributed by atoms with Crippen LogP contribution in [-0.4, -0.2) is 12.1 Å². The molecule has 0 atom stereocenters. The molecule has 0 unspecified atom stereocenters. The minimum absolute atomic E-state index is 0. The van der Waals surface area contributed by atoms with Crippen molar-refractivity contribution >= 4 is 5.97 Å². The van der Waals surface area contributed by atoms with Crippen molar-refractivity contribution in [3.63, 3.8) is 0 Å². The third-order valence-electron chi connectivity index (χ3n) is 1.88. The molecule has 0 saturated heterocycles. The maximum Gasteiger partial charge on any atom is 1.00 e. The normalized spacial score (nSPS) is 16.2. The van der Waals surface area contributed by atoms with Crippen LogP contribution in [0.1, 0.15) is 46.0 Å². The molecule has 0 aliphatic heterocycles. The van der Waals surface area contributed by atoms with Crippen molar-refractivity contribution in [2.75, 3.05) is 0 Å². The number of rotatable bonds is 1. The standard InChI is InChI=1S/C8H14O2.C2H5.Li/c1-7(9)10-8-5-3-2-4-6-8;1-2;/h8H,2-6H2,1H3;1H2,2H3;/q;-1;+1. The summed E-state index contributed by atoms with van der Waals surface area (Å²) >= 11 is 0. The van der Waals surface area contributed by atoms with E-state index < -0.39 is 0 Å². The molecule has 0 N–H and O–H groups in total. The van der Waals surface area contributed by atoms with Crippen LogP contribution in [0.5, 0.6) is 0 Å². The molecule has 1 saturated carbocycles. The van der Waals surface area contributed by atoms with Gasteiger partial charge in [0.05, 0.1) is 0 Å². The summed E-state index contributed by atoms with van der Waals surface area (Å²) in [5, 5.41) is 0. The van der Waals surface area contributed by atoms with Gasteiger partial charge in [0.25, 0.3) is 0 Å². The van der Waals surface area contributed by atoms with Crippen LogP contribution < -0.4 is 18.9 Å². The van der Waals surface area contributed by atoms with Gasteiger partial charge in [-0.05, 0) is 25.7 Å². The zero-order chi connectivity index (χ0) is 9.40. The van der Waals surface area contributed by atoms with Crippen LogP contribution in [0.25, 0.3) is 0 Å². The van der Waals surface area contributed by atoms with Crippen LogP contribution in [0.15, 0.2) is 0 Å². The van der Waals surface area contributed by atoms with Gasteiger partial charge < -0.3 is 11.7 Å². The van der Waals surface area contributed by atoms with Gasteiger partial charge in [0.2, 0.25) is 0 Å². The number of carbonyl (C=O) groups is 1. The molecule has 72 valence electrons. The molecule has 1 aliphatic carbocycles. The Balaban J connectivity index is 0. The molecular weight excluding hydrogens is 159 g/mol. The quantitative estimate of drug-likeness (QED) is 0.314. The second kappa shape index (κ2) is 10.2.